The summed E-state index contributed by atoms with van der Waals surface area (Å²) in [6.07, 6.45) is 11.5. The monoisotopic (exact) mass is 447 g/mol. The van der Waals surface area contributed by atoms with E-state index in [0.717, 1.165) is 46.9 Å². The van der Waals surface area contributed by atoms with Crippen molar-refractivity contribution in [2.75, 3.05) is 7.11 Å². The van der Waals surface area contributed by atoms with Crippen molar-refractivity contribution in [1.29, 1.82) is 0 Å². The molecule has 0 fully saturated rings. The van der Waals surface area contributed by atoms with Crippen LogP contribution in [-0.2, 0) is 16.0 Å². The number of phenols is 1. The number of benzene rings is 2. The molecule has 3 aromatic rings. The molecular weight excluding hydrogens is 414 g/mol. The van der Waals surface area contributed by atoms with Crippen molar-refractivity contribution in [3.8, 4) is 11.5 Å². The predicted molar refractivity (Wildman–Crippen MR) is 133 cm³/mol. The van der Waals surface area contributed by atoms with Crippen LogP contribution in [0.2, 0.25) is 0 Å². The molecule has 2 aromatic carbocycles. The highest BCUT2D eigenvalue weighted by Crippen LogP contribution is 2.32. The largest absolute Gasteiger partial charge is 0.504 e. The van der Waals surface area contributed by atoms with Crippen LogP contribution < -0.4 is 4.74 Å². The van der Waals surface area contributed by atoms with Crippen LogP contribution >= 0.6 is 0 Å². The third-order valence-corrected chi connectivity index (χ3v) is 5.88. The topological polar surface area (TPSA) is 79.4 Å². The van der Waals surface area contributed by atoms with Gasteiger partial charge in [-0.2, -0.15) is 0 Å². The quantitative estimate of drug-likeness (QED) is 0.181. The number of ether oxygens (including phenoxy) is 1. The van der Waals surface area contributed by atoms with Gasteiger partial charge >= 0.3 is 0 Å². The third-order valence-electron chi connectivity index (χ3n) is 5.88. The highest BCUT2D eigenvalue weighted by Gasteiger charge is 2.12. The lowest BCUT2D eigenvalue weighted by atomic mass is 9.97. The fourth-order valence-electron chi connectivity index (χ4n) is 4.03. The number of para-hydroxylation sites is 1. The molecule has 33 heavy (non-hydrogen) atoms. The average molecular weight is 448 g/mol. The van der Waals surface area contributed by atoms with Crippen molar-refractivity contribution >= 4 is 28.5 Å². The molecule has 0 spiro atoms. The zero-order chi connectivity index (χ0) is 23.6. The number of rotatable bonds is 13. The van der Waals surface area contributed by atoms with Crippen LogP contribution in [0.5, 0.6) is 11.5 Å². The number of hydrogen-bond donors (Lipinski definition) is 2. The highest BCUT2D eigenvalue weighted by atomic mass is 16.5. The second kappa shape index (κ2) is 12.0. The lowest BCUT2D eigenvalue weighted by Gasteiger charge is -2.11. The maximum Gasteiger partial charge on any atom is 0.163 e. The van der Waals surface area contributed by atoms with Crippen LogP contribution in [-0.4, -0.2) is 28.8 Å². The minimum absolute atomic E-state index is 0.0107. The van der Waals surface area contributed by atoms with Crippen LogP contribution in [0.3, 0.4) is 0 Å². The molecule has 1 aromatic heterocycles. The number of ketones is 2. The van der Waals surface area contributed by atoms with Gasteiger partial charge in [-0.25, -0.2) is 0 Å². The maximum absolute atomic E-state index is 12.4. The number of nitrogens with one attached hydrogen (secondary N) is 1. The molecule has 5 heteroatoms. The SMILES string of the molecule is CCCCCCCC(=O)CC(=O)C=Cc1cc(OC)c(O)cc1Cc1c[nH]c2ccccc12. The summed E-state index contributed by atoms with van der Waals surface area (Å²) in [5.41, 5.74) is 3.78. The number of fused-ring (bicyclic) bond motifs is 1. The number of aromatic amines is 1. The Labute approximate surface area is 195 Å². The summed E-state index contributed by atoms with van der Waals surface area (Å²) in [5.74, 6) is 0.170. The number of carbonyl (C=O) groups is 2. The van der Waals surface area contributed by atoms with Gasteiger partial charge in [-0.15, -0.1) is 0 Å². The van der Waals surface area contributed by atoms with Crippen molar-refractivity contribution in [2.24, 2.45) is 0 Å². The van der Waals surface area contributed by atoms with Gasteiger partial charge in [0.25, 0.3) is 0 Å². The lowest BCUT2D eigenvalue weighted by Crippen LogP contribution is -2.05. The Hall–Kier alpha value is -3.34. The normalized spacial score (nSPS) is 11.3. The van der Waals surface area contributed by atoms with Crippen LogP contribution in [0.25, 0.3) is 17.0 Å². The Bertz CT molecular complexity index is 1130. The van der Waals surface area contributed by atoms with Gasteiger partial charge in [-0.1, -0.05) is 56.9 Å². The zero-order valence-corrected chi connectivity index (χ0v) is 19.5. The Morgan fingerprint density at radius 2 is 1.85 bits per heavy atom. The summed E-state index contributed by atoms with van der Waals surface area (Å²) < 4.78 is 5.26. The summed E-state index contributed by atoms with van der Waals surface area (Å²) in [6.45, 7) is 2.16. The number of allylic oxidation sites excluding steroid dienone is 1. The van der Waals surface area contributed by atoms with Crippen LogP contribution in [0, 0.1) is 0 Å². The van der Waals surface area contributed by atoms with Gasteiger partial charge in [0.15, 0.2) is 17.3 Å². The Morgan fingerprint density at radius 3 is 2.64 bits per heavy atom. The van der Waals surface area contributed by atoms with Gasteiger partial charge in [0, 0.05) is 29.9 Å². The fraction of sp³-hybridized carbons (Fsp3) is 0.357. The van der Waals surface area contributed by atoms with E-state index in [4.69, 9.17) is 4.74 Å². The maximum atomic E-state index is 12.4. The van der Waals surface area contributed by atoms with Gasteiger partial charge in [0.05, 0.1) is 13.5 Å². The number of unbranched alkanes of at least 4 members (excludes halogenated alkanes) is 4. The predicted octanol–water partition coefficient (Wildman–Crippen LogP) is 6.37. The van der Waals surface area contributed by atoms with Crippen molar-refractivity contribution in [3.63, 3.8) is 0 Å². The van der Waals surface area contributed by atoms with Crippen LogP contribution in [0.15, 0.2) is 48.7 Å². The van der Waals surface area contributed by atoms with Gasteiger partial charge in [-0.3, -0.25) is 9.59 Å². The van der Waals surface area contributed by atoms with Crippen LogP contribution in [0.1, 0.15) is 68.6 Å². The summed E-state index contributed by atoms with van der Waals surface area (Å²) in [6, 6.07) is 11.4. The van der Waals surface area contributed by atoms with Crippen molar-refractivity contribution in [3.05, 3.63) is 65.4 Å². The number of aromatic nitrogens is 1. The molecule has 2 N–H and O–H groups in total. The van der Waals surface area contributed by atoms with E-state index in [9.17, 15) is 14.7 Å². The smallest absolute Gasteiger partial charge is 0.163 e. The number of hydrogen-bond acceptors (Lipinski definition) is 4. The van der Waals surface area contributed by atoms with E-state index in [1.54, 1.807) is 18.2 Å². The first-order valence-corrected chi connectivity index (χ1v) is 11.7. The molecule has 0 aliphatic heterocycles. The summed E-state index contributed by atoms with van der Waals surface area (Å²) in [5, 5.41) is 11.4. The van der Waals surface area contributed by atoms with Gasteiger partial charge in [-0.05, 0) is 47.4 Å². The summed E-state index contributed by atoms with van der Waals surface area (Å²) >= 11 is 0. The van der Waals surface area contributed by atoms with E-state index in [0.29, 0.717) is 18.6 Å². The molecule has 0 aliphatic rings. The zero-order valence-electron chi connectivity index (χ0n) is 19.5. The van der Waals surface area contributed by atoms with Gasteiger partial charge < -0.3 is 14.8 Å². The summed E-state index contributed by atoms with van der Waals surface area (Å²) in [4.78, 5) is 27.8. The molecule has 0 aliphatic carbocycles. The van der Waals surface area contributed by atoms with E-state index < -0.39 is 0 Å². The lowest BCUT2D eigenvalue weighted by molar-refractivity contribution is -0.124. The third kappa shape index (κ3) is 6.82. The number of methoxy groups -OCH3 is 1. The number of carbonyl (C=O) groups excluding carboxylic acids is 2. The Morgan fingerprint density at radius 1 is 1.06 bits per heavy atom. The standard InChI is InChI=1S/C28H33NO4/c1-3-4-5-6-7-10-23(30)18-24(31)14-13-20-17-28(33-2)27(32)16-21(20)15-22-19-29-26-12-9-8-11-25(22)26/h8-9,11-14,16-17,19,29,32H,3-7,10,15,18H2,1-2H3. The second-order valence-corrected chi connectivity index (χ2v) is 8.44. The molecule has 0 bridgehead atoms. The Kier molecular flexibility index (Phi) is 8.87. The molecule has 0 unspecified atom stereocenters. The second-order valence-electron chi connectivity index (χ2n) is 8.44. The first-order valence-electron chi connectivity index (χ1n) is 11.7. The molecule has 1 heterocycles. The number of aromatic hydroxyl groups is 1. The average Bonchev–Trinajstić information content (AvgIpc) is 3.21. The minimum atomic E-state index is -0.210. The minimum Gasteiger partial charge on any atom is -0.504 e. The molecule has 0 saturated carbocycles. The molecule has 0 amide bonds. The van der Waals surface area contributed by atoms with E-state index in [1.807, 2.05) is 24.4 Å². The fourth-order valence-corrected chi connectivity index (χ4v) is 4.03. The first-order chi connectivity index (χ1) is 16.0. The number of H-pyrrole nitrogens is 1. The molecule has 0 atom stereocenters. The highest BCUT2D eigenvalue weighted by molar-refractivity contribution is 6.06. The van der Waals surface area contributed by atoms with Crippen molar-refractivity contribution < 1.29 is 19.4 Å². The van der Waals surface area contributed by atoms with E-state index >= 15 is 0 Å². The Balaban J connectivity index is 1.71. The first kappa shape index (κ1) is 24.3. The van der Waals surface area contributed by atoms with E-state index in [-0.39, 0.29) is 23.7 Å². The van der Waals surface area contributed by atoms with E-state index in [1.165, 1.54) is 26.0 Å². The number of Topliss-reactive ketones (excluding diaryl/α,β-unsaturated/α-hetero) is 1. The molecule has 0 radical (unpaired) electrons. The molecule has 174 valence electrons. The van der Waals surface area contributed by atoms with Crippen molar-refractivity contribution in [1.82, 2.24) is 4.98 Å². The molecular formula is C28H33NO4. The molecule has 5 nitrogen and oxygen atoms in total. The molecule has 0 saturated heterocycles. The van der Waals surface area contributed by atoms with Gasteiger partial charge in [0.1, 0.15) is 5.78 Å². The van der Waals surface area contributed by atoms with Crippen LogP contribution in [0.4, 0.5) is 0 Å². The molecule has 3 rings (SSSR count). The number of phenolic OH excluding ortho intramolecular Hbond substituents is 1. The van der Waals surface area contributed by atoms with Crippen molar-refractivity contribution in [2.45, 2.75) is 58.3 Å². The van der Waals surface area contributed by atoms with E-state index in [2.05, 4.69) is 18.0 Å². The summed E-state index contributed by atoms with van der Waals surface area (Å²) in [7, 11) is 1.49. The van der Waals surface area contributed by atoms with Gasteiger partial charge in [0.2, 0.25) is 0 Å².